The maximum Gasteiger partial charge on any atom is 0.134 e. The molecule has 12 heavy (non-hydrogen) atoms. The first-order valence-electron chi connectivity index (χ1n) is 4.62. The number of methoxy groups -OCH3 is 1. The van der Waals surface area contributed by atoms with E-state index >= 15 is 0 Å². The molecular weight excluding hydrogens is 154 g/mol. The highest BCUT2D eigenvalue weighted by Crippen LogP contribution is 2.11. The van der Waals surface area contributed by atoms with Crippen LogP contribution in [-0.2, 0) is 9.47 Å². The number of ether oxygens (including phenoxy) is 2. The topological polar surface area (TPSA) is 21.7 Å². The third-order valence-electron chi connectivity index (χ3n) is 2.27. The molecule has 0 radical (unpaired) electrons. The van der Waals surface area contributed by atoms with Crippen LogP contribution in [0.25, 0.3) is 0 Å². The summed E-state index contributed by atoms with van der Waals surface area (Å²) in [6.07, 6.45) is 1.25. The third-order valence-corrected chi connectivity index (χ3v) is 2.27. The molecule has 3 heteroatoms. The van der Waals surface area contributed by atoms with Gasteiger partial charge in [0.15, 0.2) is 0 Å². The van der Waals surface area contributed by atoms with E-state index in [0.717, 1.165) is 19.6 Å². The smallest absolute Gasteiger partial charge is 0.134 e. The van der Waals surface area contributed by atoms with Gasteiger partial charge in [-0.2, -0.15) is 0 Å². The van der Waals surface area contributed by atoms with Crippen LogP contribution < -0.4 is 0 Å². The lowest BCUT2D eigenvalue weighted by Gasteiger charge is -2.31. The second-order valence-electron chi connectivity index (χ2n) is 3.45. The van der Waals surface area contributed by atoms with Crippen molar-refractivity contribution < 1.29 is 9.47 Å². The van der Waals surface area contributed by atoms with Crippen molar-refractivity contribution in [3.8, 4) is 0 Å². The Bertz CT molecular complexity index is 128. The van der Waals surface area contributed by atoms with Crippen LogP contribution in [0.5, 0.6) is 0 Å². The fraction of sp³-hybridized carbons (Fsp3) is 1.00. The van der Waals surface area contributed by atoms with Crippen molar-refractivity contribution in [3.05, 3.63) is 0 Å². The second-order valence-corrected chi connectivity index (χ2v) is 3.45. The molecule has 1 saturated heterocycles. The minimum atomic E-state index is 0.146. The molecule has 1 atom stereocenters. The molecule has 1 unspecified atom stereocenters. The third kappa shape index (κ3) is 2.44. The molecule has 0 saturated carbocycles. The van der Waals surface area contributed by atoms with E-state index < -0.39 is 0 Å². The fourth-order valence-corrected chi connectivity index (χ4v) is 1.57. The van der Waals surface area contributed by atoms with Gasteiger partial charge >= 0.3 is 0 Å². The van der Waals surface area contributed by atoms with Crippen LogP contribution >= 0.6 is 0 Å². The Morgan fingerprint density at radius 3 is 2.83 bits per heavy atom. The standard InChI is InChI=1S/C9H19NO2/c1-8(2)10-5-4-6-12-7-9(10)11-3/h8-9H,4-7H2,1-3H3. The SMILES string of the molecule is COC1COCCCN1C(C)C. The molecule has 0 N–H and O–H groups in total. The molecule has 3 nitrogen and oxygen atoms in total. The predicted molar refractivity (Wildman–Crippen MR) is 48.1 cm³/mol. The van der Waals surface area contributed by atoms with Crippen LogP contribution in [-0.4, -0.2) is 44.0 Å². The summed E-state index contributed by atoms with van der Waals surface area (Å²) in [5.41, 5.74) is 0. The number of nitrogens with zero attached hydrogens (tertiary/aromatic N) is 1. The highest BCUT2D eigenvalue weighted by atomic mass is 16.5. The Balaban J connectivity index is 2.51. The number of hydrogen-bond acceptors (Lipinski definition) is 3. The molecule has 1 fully saturated rings. The van der Waals surface area contributed by atoms with E-state index in [1.54, 1.807) is 7.11 Å². The van der Waals surface area contributed by atoms with E-state index in [-0.39, 0.29) is 6.23 Å². The van der Waals surface area contributed by atoms with Gasteiger partial charge in [0.25, 0.3) is 0 Å². The molecule has 0 bridgehead atoms. The second kappa shape index (κ2) is 4.80. The Morgan fingerprint density at radius 1 is 1.50 bits per heavy atom. The first-order chi connectivity index (χ1) is 5.75. The van der Waals surface area contributed by atoms with Gasteiger partial charge in [0.05, 0.1) is 6.61 Å². The van der Waals surface area contributed by atoms with Gasteiger partial charge < -0.3 is 9.47 Å². The Hall–Kier alpha value is -0.120. The summed E-state index contributed by atoms with van der Waals surface area (Å²) >= 11 is 0. The molecular formula is C9H19NO2. The normalized spacial score (nSPS) is 27.5. The van der Waals surface area contributed by atoms with Crippen molar-refractivity contribution in [1.82, 2.24) is 4.90 Å². The van der Waals surface area contributed by atoms with Crippen LogP contribution in [0.15, 0.2) is 0 Å². The van der Waals surface area contributed by atoms with Crippen molar-refractivity contribution in [3.63, 3.8) is 0 Å². The van der Waals surface area contributed by atoms with E-state index in [0.29, 0.717) is 12.6 Å². The van der Waals surface area contributed by atoms with Crippen molar-refractivity contribution in [2.24, 2.45) is 0 Å². The summed E-state index contributed by atoms with van der Waals surface area (Å²) in [7, 11) is 1.74. The van der Waals surface area contributed by atoms with Gasteiger partial charge in [-0.05, 0) is 20.3 Å². The molecule has 1 aliphatic rings. The zero-order valence-corrected chi connectivity index (χ0v) is 8.25. The Kier molecular flexibility index (Phi) is 3.98. The summed E-state index contributed by atoms with van der Waals surface area (Å²) in [6.45, 7) is 7.03. The molecule has 0 aromatic carbocycles. The molecule has 0 spiro atoms. The van der Waals surface area contributed by atoms with Crippen LogP contribution in [0.2, 0.25) is 0 Å². The summed E-state index contributed by atoms with van der Waals surface area (Å²) < 4.78 is 10.8. The van der Waals surface area contributed by atoms with Crippen LogP contribution in [0.4, 0.5) is 0 Å². The van der Waals surface area contributed by atoms with Crippen LogP contribution in [0, 0.1) is 0 Å². The van der Waals surface area contributed by atoms with Gasteiger partial charge in [-0.3, -0.25) is 4.90 Å². The maximum absolute atomic E-state index is 5.41. The highest BCUT2D eigenvalue weighted by molar-refractivity contribution is 4.69. The molecule has 0 aliphatic carbocycles. The minimum absolute atomic E-state index is 0.146. The average Bonchev–Trinajstić information content (AvgIpc) is 2.27. The van der Waals surface area contributed by atoms with E-state index in [4.69, 9.17) is 9.47 Å². The lowest BCUT2D eigenvalue weighted by atomic mass is 10.3. The largest absolute Gasteiger partial charge is 0.377 e. The van der Waals surface area contributed by atoms with Crippen molar-refractivity contribution >= 4 is 0 Å². The first kappa shape index (κ1) is 9.96. The highest BCUT2D eigenvalue weighted by Gasteiger charge is 2.22. The molecule has 0 aromatic heterocycles. The van der Waals surface area contributed by atoms with Crippen molar-refractivity contribution in [1.29, 1.82) is 0 Å². The summed E-state index contributed by atoms with van der Waals surface area (Å²) in [6, 6.07) is 0.539. The van der Waals surface area contributed by atoms with E-state index in [1.165, 1.54) is 0 Å². The van der Waals surface area contributed by atoms with Gasteiger partial charge in [-0.15, -0.1) is 0 Å². The van der Waals surface area contributed by atoms with Gasteiger partial charge in [-0.1, -0.05) is 0 Å². The maximum atomic E-state index is 5.41. The lowest BCUT2D eigenvalue weighted by molar-refractivity contribution is -0.0745. The van der Waals surface area contributed by atoms with Gasteiger partial charge in [0.1, 0.15) is 6.23 Å². The minimum Gasteiger partial charge on any atom is -0.377 e. The van der Waals surface area contributed by atoms with Crippen molar-refractivity contribution in [2.75, 3.05) is 26.9 Å². The van der Waals surface area contributed by atoms with Gasteiger partial charge in [0.2, 0.25) is 0 Å². The summed E-state index contributed by atoms with van der Waals surface area (Å²) in [4.78, 5) is 2.34. The summed E-state index contributed by atoms with van der Waals surface area (Å²) in [5.74, 6) is 0. The van der Waals surface area contributed by atoms with Crippen LogP contribution in [0.3, 0.4) is 0 Å². The zero-order valence-electron chi connectivity index (χ0n) is 8.25. The molecule has 0 aromatic rings. The number of rotatable bonds is 2. The van der Waals surface area contributed by atoms with Gasteiger partial charge in [-0.25, -0.2) is 0 Å². The number of hydrogen-bond donors (Lipinski definition) is 0. The molecule has 1 heterocycles. The average molecular weight is 173 g/mol. The predicted octanol–water partition coefficient (Wildman–Crippen LogP) is 1.09. The fourth-order valence-electron chi connectivity index (χ4n) is 1.57. The van der Waals surface area contributed by atoms with Crippen molar-refractivity contribution in [2.45, 2.75) is 32.5 Å². The first-order valence-corrected chi connectivity index (χ1v) is 4.62. The Morgan fingerprint density at radius 2 is 2.25 bits per heavy atom. The lowest BCUT2D eigenvalue weighted by Crippen LogP contribution is -2.43. The molecule has 72 valence electrons. The zero-order chi connectivity index (χ0) is 8.97. The van der Waals surface area contributed by atoms with Crippen LogP contribution in [0.1, 0.15) is 20.3 Å². The Labute approximate surface area is 74.6 Å². The van der Waals surface area contributed by atoms with E-state index in [9.17, 15) is 0 Å². The molecule has 1 aliphatic heterocycles. The van der Waals surface area contributed by atoms with Gasteiger partial charge in [0, 0.05) is 26.3 Å². The van der Waals surface area contributed by atoms with E-state index in [1.807, 2.05) is 0 Å². The quantitative estimate of drug-likeness (QED) is 0.624. The summed E-state index contributed by atoms with van der Waals surface area (Å²) in [5, 5.41) is 0. The van der Waals surface area contributed by atoms with E-state index in [2.05, 4.69) is 18.7 Å². The molecule has 0 amide bonds. The monoisotopic (exact) mass is 173 g/mol. The molecule has 1 rings (SSSR count).